The highest BCUT2D eigenvalue weighted by atomic mass is 79.9. The van der Waals surface area contributed by atoms with Gasteiger partial charge in [0.1, 0.15) is 0 Å². The van der Waals surface area contributed by atoms with Crippen LogP contribution in [0.5, 0.6) is 0 Å². The van der Waals surface area contributed by atoms with Crippen molar-refractivity contribution in [3.8, 4) is 0 Å². The molecule has 0 amide bonds. The van der Waals surface area contributed by atoms with E-state index in [-0.39, 0.29) is 0 Å². The van der Waals surface area contributed by atoms with Crippen LogP contribution in [0.15, 0.2) is 22.7 Å². The second-order valence-corrected chi connectivity index (χ2v) is 4.94. The molecule has 1 aromatic rings. The molecule has 2 aliphatic rings. The van der Waals surface area contributed by atoms with Crippen LogP contribution in [0.4, 0.5) is 0 Å². The SMILES string of the molecule is Brc1ccc2c(c1)C1NCCC1C2. The summed E-state index contributed by atoms with van der Waals surface area (Å²) in [4.78, 5) is 0. The second kappa shape index (κ2) is 2.82. The lowest BCUT2D eigenvalue weighted by Gasteiger charge is -2.10. The van der Waals surface area contributed by atoms with Crippen LogP contribution in [0.1, 0.15) is 23.6 Å². The minimum Gasteiger partial charge on any atom is -0.310 e. The van der Waals surface area contributed by atoms with Crippen LogP contribution in [0.25, 0.3) is 0 Å². The summed E-state index contributed by atoms with van der Waals surface area (Å²) in [6, 6.07) is 7.34. The van der Waals surface area contributed by atoms with Gasteiger partial charge in [-0.15, -0.1) is 0 Å². The Hall–Kier alpha value is -0.340. The number of rotatable bonds is 0. The van der Waals surface area contributed by atoms with Gasteiger partial charge in [-0.1, -0.05) is 22.0 Å². The molecule has 2 heteroatoms. The van der Waals surface area contributed by atoms with Crippen molar-refractivity contribution in [2.75, 3.05) is 6.54 Å². The molecule has 1 N–H and O–H groups in total. The van der Waals surface area contributed by atoms with E-state index >= 15 is 0 Å². The number of hydrogen-bond acceptors (Lipinski definition) is 1. The topological polar surface area (TPSA) is 12.0 Å². The Labute approximate surface area is 86.7 Å². The van der Waals surface area contributed by atoms with Crippen LogP contribution >= 0.6 is 15.9 Å². The molecule has 13 heavy (non-hydrogen) atoms. The Bertz CT molecular complexity index is 348. The number of nitrogens with one attached hydrogen (secondary N) is 1. The van der Waals surface area contributed by atoms with Crippen LogP contribution in [0.3, 0.4) is 0 Å². The van der Waals surface area contributed by atoms with Crippen molar-refractivity contribution in [2.24, 2.45) is 5.92 Å². The van der Waals surface area contributed by atoms with E-state index in [2.05, 4.69) is 39.4 Å². The summed E-state index contributed by atoms with van der Waals surface area (Å²) in [7, 11) is 0. The van der Waals surface area contributed by atoms with E-state index in [1.165, 1.54) is 29.4 Å². The molecule has 1 fully saturated rings. The Morgan fingerprint density at radius 2 is 2.31 bits per heavy atom. The van der Waals surface area contributed by atoms with E-state index in [1.54, 1.807) is 5.56 Å². The molecular formula is C11H12BrN. The third kappa shape index (κ3) is 1.16. The van der Waals surface area contributed by atoms with Crippen molar-refractivity contribution in [3.05, 3.63) is 33.8 Å². The molecule has 1 nitrogen and oxygen atoms in total. The summed E-state index contributed by atoms with van der Waals surface area (Å²) in [6.07, 6.45) is 2.62. The predicted octanol–water partition coefficient (Wildman–Crippen LogP) is 2.66. The molecule has 0 saturated carbocycles. The summed E-state index contributed by atoms with van der Waals surface area (Å²) in [5, 5.41) is 3.58. The molecule has 1 aliphatic carbocycles. The van der Waals surface area contributed by atoms with E-state index in [0.717, 1.165) is 5.92 Å². The van der Waals surface area contributed by atoms with Crippen LogP contribution < -0.4 is 5.32 Å². The first-order chi connectivity index (χ1) is 6.34. The number of halogens is 1. The molecule has 0 radical (unpaired) electrons. The molecule has 1 heterocycles. The fraction of sp³-hybridized carbons (Fsp3) is 0.455. The van der Waals surface area contributed by atoms with E-state index in [0.29, 0.717) is 6.04 Å². The number of fused-ring (bicyclic) bond motifs is 3. The molecule has 3 rings (SSSR count). The normalized spacial score (nSPS) is 30.2. The molecule has 68 valence electrons. The Morgan fingerprint density at radius 3 is 3.23 bits per heavy atom. The zero-order valence-electron chi connectivity index (χ0n) is 7.39. The van der Waals surface area contributed by atoms with Gasteiger partial charge in [-0.2, -0.15) is 0 Å². The first kappa shape index (κ1) is 8.01. The molecule has 0 spiro atoms. The van der Waals surface area contributed by atoms with Gasteiger partial charge in [-0.05, 0) is 48.6 Å². The monoisotopic (exact) mass is 237 g/mol. The van der Waals surface area contributed by atoms with Crippen molar-refractivity contribution < 1.29 is 0 Å². The van der Waals surface area contributed by atoms with E-state index in [1.807, 2.05) is 0 Å². The summed E-state index contributed by atoms with van der Waals surface area (Å²) < 4.78 is 1.21. The minimum atomic E-state index is 0.646. The summed E-state index contributed by atoms with van der Waals surface area (Å²) in [5.41, 5.74) is 3.07. The number of hydrogen-bond donors (Lipinski definition) is 1. The average Bonchev–Trinajstić information content (AvgIpc) is 2.64. The van der Waals surface area contributed by atoms with Gasteiger partial charge in [0.2, 0.25) is 0 Å². The Balaban J connectivity index is 2.09. The third-order valence-corrected chi connectivity index (χ3v) is 3.77. The fourth-order valence-corrected chi connectivity index (χ4v) is 3.04. The van der Waals surface area contributed by atoms with Crippen molar-refractivity contribution in [2.45, 2.75) is 18.9 Å². The van der Waals surface area contributed by atoms with Gasteiger partial charge < -0.3 is 5.32 Å². The maximum atomic E-state index is 3.58. The van der Waals surface area contributed by atoms with Gasteiger partial charge in [0.25, 0.3) is 0 Å². The molecule has 0 bridgehead atoms. The molecule has 1 aliphatic heterocycles. The smallest absolute Gasteiger partial charge is 0.0355 e. The Kier molecular flexibility index (Phi) is 1.74. The number of benzene rings is 1. The lowest BCUT2D eigenvalue weighted by Crippen LogP contribution is -2.13. The van der Waals surface area contributed by atoms with Gasteiger partial charge in [-0.25, -0.2) is 0 Å². The maximum absolute atomic E-state index is 3.58. The van der Waals surface area contributed by atoms with Gasteiger partial charge in [0.15, 0.2) is 0 Å². The van der Waals surface area contributed by atoms with Gasteiger partial charge in [0.05, 0.1) is 0 Å². The highest BCUT2D eigenvalue weighted by Gasteiger charge is 2.35. The van der Waals surface area contributed by atoms with Crippen LogP contribution in [0, 0.1) is 5.92 Å². The van der Waals surface area contributed by atoms with Crippen LogP contribution in [-0.4, -0.2) is 6.54 Å². The summed E-state index contributed by atoms with van der Waals surface area (Å²) in [6.45, 7) is 1.20. The lowest BCUT2D eigenvalue weighted by molar-refractivity contribution is 0.504. The van der Waals surface area contributed by atoms with Crippen molar-refractivity contribution in [1.29, 1.82) is 0 Å². The quantitative estimate of drug-likeness (QED) is 0.732. The second-order valence-electron chi connectivity index (χ2n) is 4.03. The molecule has 2 atom stereocenters. The van der Waals surface area contributed by atoms with Crippen molar-refractivity contribution >= 4 is 15.9 Å². The maximum Gasteiger partial charge on any atom is 0.0355 e. The molecule has 0 aromatic heterocycles. The average molecular weight is 238 g/mol. The zero-order valence-corrected chi connectivity index (χ0v) is 8.97. The van der Waals surface area contributed by atoms with Crippen LogP contribution in [-0.2, 0) is 6.42 Å². The van der Waals surface area contributed by atoms with Crippen molar-refractivity contribution in [1.82, 2.24) is 5.32 Å². The largest absolute Gasteiger partial charge is 0.310 e. The van der Waals surface area contributed by atoms with Gasteiger partial charge in [0, 0.05) is 10.5 Å². The van der Waals surface area contributed by atoms with E-state index < -0.39 is 0 Å². The van der Waals surface area contributed by atoms with Gasteiger partial charge >= 0.3 is 0 Å². The Morgan fingerprint density at radius 1 is 1.38 bits per heavy atom. The van der Waals surface area contributed by atoms with Gasteiger partial charge in [-0.3, -0.25) is 0 Å². The van der Waals surface area contributed by atoms with E-state index in [9.17, 15) is 0 Å². The molecule has 2 unspecified atom stereocenters. The summed E-state index contributed by atoms with van der Waals surface area (Å²) in [5.74, 6) is 0.865. The fourth-order valence-electron chi connectivity index (χ4n) is 2.67. The molecular weight excluding hydrogens is 226 g/mol. The van der Waals surface area contributed by atoms with Crippen LogP contribution in [0.2, 0.25) is 0 Å². The van der Waals surface area contributed by atoms with E-state index in [4.69, 9.17) is 0 Å². The lowest BCUT2D eigenvalue weighted by atomic mass is 10.0. The highest BCUT2D eigenvalue weighted by Crippen LogP contribution is 2.41. The third-order valence-electron chi connectivity index (χ3n) is 3.28. The predicted molar refractivity (Wildman–Crippen MR) is 56.7 cm³/mol. The summed E-state index contributed by atoms with van der Waals surface area (Å²) >= 11 is 3.53. The first-order valence-corrected chi connectivity index (χ1v) is 5.65. The standard InChI is InChI=1S/C11H12BrN/c12-9-2-1-7-5-8-3-4-13-11(8)10(7)6-9/h1-2,6,8,11,13H,3-5H2. The zero-order chi connectivity index (χ0) is 8.84. The molecule has 1 aromatic carbocycles. The van der Waals surface area contributed by atoms with Crippen molar-refractivity contribution in [3.63, 3.8) is 0 Å². The molecule has 1 saturated heterocycles. The highest BCUT2D eigenvalue weighted by molar-refractivity contribution is 9.10. The minimum absolute atomic E-state index is 0.646. The first-order valence-electron chi connectivity index (χ1n) is 4.86.